The van der Waals surface area contributed by atoms with Gasteiger partial charge in [0.1, 0.15) is 5.82 Å². The first-order valence-corrected chi connectivity index (χ1v) is 8.94. The number of benzene rings is 1. The van der Waals surface area contributed by atoms with Gasteiger partial charge >= 0.3 is 6.18 Å². The summed E-state index contributed by atoms with van der Waals surface area (Å²) in [5.41, 5.74) is -0.316. The zero-order valence-corrected chi connectivity index (χ0v) is 16.2. The molecule has 0 radical (unpaired) electrons. The van der Waals surface area contributed by atoms with E-state index in [0.717, 1.165) is 0 Å². The van der Waals surface area contributed by atoms with Crippen LogP contribution in [0.4, 0.5) is 24.7 Å². The molecule has 2 aromatic heterocycles. The topological polar surface area (TPSA) is 89.3 Å². The highest BCUT2D eigenvalue weighted by molar-refractivity contribution is 6.04. The Kier molecular flexibility index (Phi) is 6.36. The highest BCUT2D eigenvalue weighted by Crippen LogP contribution is 2.35. The fourth-order valence-electron chi connectivity index (χ4n) is 2.66. The summed E-state index contributed by atoms with van der Waals surface area (Å²) in [5, 5.41) is 5.45. The lowest BCUT2D eigenvalue weighted by molar-refractivity contribution is -0.153. The summed E-state index contributed by atoms with van der Waals surface area (Å²) in [6, 6.07) is 11.1. The monoisotopic (exact) mass is 420 g/mol. The van der Waals surface area contributed by atoms with Crippen molar-refractivity contribution < 1.29 is 27.1 Å². The largest absolute Gasteiger partial charge is 0.452 e. The summed E-state index contributed by atoms with van der Waals surface area (Å²) >= 11 is 0. The summed E-state index contributed by atoms with van der Waals surface area (Å²) in [6.45, 7) is 2.37. The first kappa shape index (κ1) is 21.3. The molecule has 3 aromatic rings. The molecule has 7 nitrogen and oxygen atoms in total. The van der Waals surface area contributed by atoms with Gasteiger partial charge in [0.25, 0.3) is 5.91 Å². The minimum Gasteiger partial charge on any atom is -0.431 e. The number of hydrogen-bond donors (Lipinski definition) is 2. The van der Waals surface area contributed by atoms with Crippen LogP contribution in [0.5, 0.6) is 0 Å². The molecule has 1 amide bonds. The van der Waals surface area contributed by atoms with Gasteiger partial charge in [0.15, 0.2) is 5.69 Å². The Labute approximate surface area is 170 Å². The number of halogens is 3. The van der Waals surface area contributed by atoms with Crippen LogP contribution in [0.2, 0.25) is 0 Å². The van der Waals surface area contributed by atoms with Crippen molar-refractivity contribution in [3.63, 3.8) is 0 Å². The molecule has 1 atom stereocenters. The van der Waals surface area contributed by atoms with Crippen LogP contribution >= 0.6 is 0 Å². The molecule has 0 aliphatic rings. The second-order valence-electron chi connectivity index (χ2n) is 6.45. The molecule has 0 aliphatic heterocycles. The third-order valence-corrected chi connectivity index (χ3v) is 3.95. The number of methoxy groups -OCH3 is 1. The van der Waals surface area contributed by atoms with Gasteiger partial charge in [-0.3, -0.25) is 4.79 Å². The quantitative estimate of drug-likeness (QED) is 0.587. The first-order chi connectivity index (χ1) is 14.3. The van der Waals surface area contributed by atoms with Gasteiger partial charge in [0.2, 0.25) is 11.7 Å². The number of carbonyl (C=O) groups is 1. The second-order valence-corrected chi connectivity index (χ2v) is 6.45. The van der Waals surface area contributed by atoms with E-state index < -0.39 is 23.5 Å². The molecule has 3 rings (SSSR count). The smallest absolute Gasteiger partial charge is 0.431 e. The third-order valence-electron chi connectivity index (χ3n) is 3.95. The molecule has 158 valence electrons. The van der Waals surface area contributed by atoms with Crippen LogP contribution in [-0.2, 0) is 10.9 Å². The first-order valence-electron chi connectivity index (χ1n) is 8.94. The molecule has 0 unspecified atom stereocenters. The molecule has 0 fully saturated rings. The standard InChI is InChI=1S/C20H19F3N4O3/c1-12(11-29-2)25-15-9-8-14(10-24-15)26-18(28)16-17(20(21,22)23)30-19(27-16)13-6-4-3-5-7-13/h3-10,12H,11H2,1-2H3,(H,24,25)(H,26,28)/t12-/m0/s1. The van der Waals surface area contributed by atoms with Crippen molar-refractivity contribution in [2.45, 2.75) is 19.1 Å². The van der Waals surface area contributed by atoms with Gasteiger partial charge in [0, 0.05) is 18.7 Å². The Morgan fingerprint density at radius 1 is 1.20 bits per heavy atom. The van der Waals surface area contributed by atoms with Crippen molar-refractivity contribution in [3.05, 3.63) is 60.1 Å². The van der Waals surface area contributed by atoms with Crippen LogP contribution in [0.1, 0.15) is 23.2 Å². The number of hydrogen-bond acceptors (Lipinski definition) is 6. The van der Waals surface area contributed by atoms with Gasteiger partial charge in [-0.15, -0.1) is 0 Å². The van der Waals surface area contributed by atoms with E-state index in [-0.39, 0.29) is 17.6 Å². The molecule has 0 saturated carbocycles. The molecule has 10 heteroatoms. The Hall–Kier alpha value is -3.40. The van der Waals surface area contributed by atoms with Gasteiger partial charge in [-0.05, 0) is 31.2 Å². The van der Waals surface area contributed by atoms with Crippen molar-refractivity contribution in [1.29, 1.82) is 0 Å². The molecule has 30 heavy (non-hydrogen) atoms. The van der Waals surface area contributed by atoms with Crippen molar-refractivity contribution in [2.75, 3.05) is 24.4 Å². The fourth-order valence-corrected chi connectivity index (χ4v) is 2.66. The molecule has 0 spiro atoms. The summed E-state index contributed by atoms with van der Waals surface area (Å²) in [6.07, 6.45) is -3.55. The fraction of sp³-hybridized carbons (Fsp3) is 0.250. The number of oxazole rings is 1. The molecule has 0 saturated heterocycles. The number of nitrogens with one attached hydrogen (secondary N) is 2. The van der Waals surface area contributed by atoms with Crippen LogP contribution in [0, 0.1) is 0 Å². The number of carbonyl (C=O) groups excluding carboxylic acids is 1. The molecule has 2 N–H and O–H groups in total. The van der Waals surface area contributed by atoms with E-state index in [1.807, 2.05) is 6.92 Å². The summed E-state index contributed by atoms with van der Waals surface area (Å²) in [5.74, 6) is -2.28. The predicted octanol–water partition coefficient (Wildman–Crippen LogP) is 4.45. The molecule has 0 bridgehead atoms. The van der Waals surface area contributed by atoms with Gasteiger partial charge in [0.05, 0.1) is 18.5 Å². The second kappa shape index (κ2) is 8.95. The molecular weight excluding hydrogens is 401 g/mol. The highest BCUT2D eigenvalue weighted by atomic mass is 19.4. The number of pyridine rings is 1. The Morgan fingerprint density at radius 3 is 2.53 bits per heavy atom. The maximum atomic E-state index is 13.4. The van der Waals surface area contributed by atoms with E-state index >= 15 is 0 Å². The summed E-state index contributed by atoms with van der Waals surface area (Å²) in [7, 11) is 1.58. The number of amides is 1. The average molecular weight is 420 g/mol. The van der Waals surface area contributed by atoms with Crippen LogP contribution in [-0.4, -0.2) is 35.6 Å². The van der Waals surface area contributed by atoms with Crippen molar-refractivity contribution in [1.82, 2.24) is 9.97 Å². The van der Waals surface area contributed by atoms with E-state index in [0.29, 0.717) is 18.0 Å². The van der Waals surface area contributed by atoms with Crippen molar-refractivity contribution in [3.8, 4) is 11.5 Å². The SMILES string of the molecule is COC[C@H](C)Nc1ccc(NC(=O)c2nc(-c3ccccc3)oc2C(F)(F)F)cn1. The minimum absolute atomic E-state index is 0.00354. The number of nitrogens with zero attached hydrogens (tertiary/aromatic N) is 2. The zero-order valence-electron chi connectivity index (χ0n) is 16.2. The normalized spacial score (nSPS) is 12.4. The molecule has 1 aromatic carbocycles. The Bertz CT molecular complexity index is 989. The highest BCUT2D eigenvalue weighted by Gasteiger charge is 2.42. The molecular formula is C20H19F3N4O3. The van der Waals surface area contributed by atoms with Gasteiger partial charge in [-0.25, -0.2) is 9.97 Å². The number of rotatable bonds is 7. The van der Waals surface area contributed by atoms with Gasteiger partial charge in [-0.1, -0.05) is 18.2 Å². The maximum Gasteiger partial charge on any atom is 0.452 e. The number of ether oxygens (including phenoxy) is 1. The zero-order chi connectivity index (χ0) is 21.7. The van der Waals surface area contributed by atoms with Crippen LogP contribution in [0.25, 0.3) is 11.5 Å². The van der Waals surface area contributed by atoms with E-state index in [4.69, 9.17) is 9.15 Å². The Morgan fingerprint density at radius 2 is 1.93 bits per heavy atom. The number of alkyl halides is 3. The lowest BCUT2D eigenvalue weighted by atomic mass is 10.2. The average Bonchev–Trinajstić information content (AvgIpc) is 3.17. The van der Waals surface area contributed by atoms with Gasteiger partial charge in [-0.2, -0.15) is 13.2 Å². The lowest BCUT2D eigenvalue weighted by Crippen LogP contribution is -2.21. The van der Waals surface area contributed by atoms with Crippen molar-refractivity contribution in [2.24, 2.45) is 0 Å². The summed E-state index contributed by atoms with van der Waals surface area (Å²) < 4.78 is 50.0. The number of aromatic nitrogens is 2. The van der Waals surface area contributed by atoms with E-state index in [2.05, 4.69) is 20.6 Å². The maximum absolute atomic E-state index is 13.4. The van der Waals surface area contributed by atoms with E-state index in [9.17, 15) is 18.0 Å². The van der Waals surface area contributed by atoms with Crippen molar-refractivity contribution >= 4 is 17.4 Å². The molecule has 0 aliphatic carbocycles. The van der Waals surface area contributed by atoms with Crippen LogP contribution in [0.15, 0.2) is 53.1 Å². The molecule has 2 heterocycles. The minimum atomic E-state index is -4.88. The number of anilines is 2. The van der Waals surface area contributed by atoms with E-state index in [1.54, 1.807) is 31.4 Å². The van der Waals surface area contributed by atoms with Crippen LogP contribution < -0.4 is 10.6 Å². The predicted molar refractivity (Wildman–Crippen MR) is 104 cm³/mol. The third kappa shape index (κ3) is 5.15. The summed E-state index contributed by atoms with van der Waals surface area (Å²) in [4.78, 5) is 20.4. The Balaban J connectivity index is 1.80. The van der Waals surface area contributed by atoms with Gasteiger partial charge < -0.3 is 19.8 Å². The lowest BCUT2D eigenvalue weighted by Gasteiger charge is -2.13. The van der Waals surface area contributed by atoms with E-state index in [1.165, 1.54) is 24.4 Å². The van der Waals surface area contributed by atoms with Crippen LogP contribution in [0.3, 0.4) is 0 Å².